The molecule has 4 rings (SSSR count). The second kappa shape index (κ2) is 10.6. The largest absolute Gasteiger partial charge is 0.490 e. The molecule has 4 aromatic carbocycles. The summed E-state index contributed by atoms with van der Waals surface area (Å²) < 4.78 is 11.3. The van der Waals surface area contributed by atoms with E-state index in [0.29, 0.717) is 39.8 Å². The molecule has 0 saturated carbocycles. The number of hydrogen-bond acceptors (Lipinski definition) is 5. The molecule has 0 aromatic heterocycles. The highest BCUT2D eigenvalue weighted by Crippen LogP contribution is 2.30. The molecule has 1 N–H and O–H groups in total. The van der Waals surface area contributed by atoms with Gasteiger partial charge in [-0.25, -0.2) is 10.2 Å². The Morgan fingerprint density at radius 3 is 2.50 bits per heavy atom. The fourth-order valence-corrected chi connectivity index (χ4v) is 3.47. The highest BCUT2D eigenvalue weighted by molar-refractivity contribution is 6.30. The molecule has 1 amide bonds. The molecule has 0 spiro atoms. The maximum absolute atomic E-state index is 12.9. The lowest BCUT2D eigenvalue weighted by molar-refractivity contribution is 0.0730. The zero-order chi connectivity index (χ0) is 23.9. The normalized spacial score (nSPS) is 10.9. The molecule has 34 heavy (non-hydrogen) atoms. The van der Waals surface area contributed by atoms with Crippen molar-refractivity contribution in [2.75, 3.05) is 6.61 Å². The van der Waals surface area contributed by atoms with Gasteiger partial charge in [-0.05, 0) is 71.8 Å². The molecule has 0 saturated heterocycles. The molecular formula is C27H21ClN2O4. The zero-order valence-electron chi connectivity index (χ0n) is 18.3. The van der Waals surface area contributed by atoms with Gasteiger partial charge in [0.25, 0.3) is 5.91 Å². The molecule has 0 bridgehead atoms. The van der Waals surface area contributed by atoms with E-state index in [4.69, 9.17) is 21.1 Å². The van der Waals surface area contributed by atoms with Crippen LogP contribution in [0, 0.1) is 0 Å². The first-order valence-corrected chi connectivity index (χ1v) is 11.0. The zero-order valence-corrected chi connectivity index (χ0v) is 19.1. The van der Waals surface area contributed by atoms with E-state index in [1.807, 2.05) is 43.3 Å². The van der Waals surface area contributed by atoms with Gasteiger partial charge in [0.05, 0.1) is 18.4 Å². The van der Waals surface area contributed by atoms with E-state index < -0.39 is 5.97 Å². The third-order valence-electron chi connectivity index (χ3n) is 4.97. The third kappa shape index (κ3) is 5.42. The van der Waals surface area contributed by atoms with Gasteiger partial charge in [0.15, 0.2) is 11.5 Å². The van der Waals surface area contributed by atoms with E-state index in [-0.39, 0.29) is 5.91 Å². The van der Waals surface area contributed by atoms with Crippen molar-refractivity contribution in [3.63, 3.8) is 0 Å². The van der Waals surface area contributed by atoms with Gasteiger partial charge in [-0.15, -0.1) is 0 Å². The molecule has 0 fully saturated rings. The summed E-state index contributed by atoms with van der Waals surface area (Å²) >= 11 is 5.84. The number of carbonyl (C=O) groups is 2. The first-order chi connectivity index (χ1) is 16.5. The van der Waals surface area contributed by atoms with Crippen molar-refractivity contribution >= 4 is 40.5 Å². The number of amides is 1. The Balaban J connectivity index is 1.49. The van der Waals surface area contributed by atoms with Gasteiger partial charge < -0.3 is 9.47 Å². The SMILES string of the molecule is CCOc1cc(/C=N\NC(=O)c2ccc(Cl)cc2)ccc1OC(=O)c1cccc2ccccc12. The Hall–Kier alpha value is -4.16. The Bertz CT molecular complexity index is 1360. The average Bonchev–Trinajstić information content (AvgIpc) is 2.85. The number of ether oxygens (including phenoxy) is 2. The van der Waals surface area contributed by atoms with Gasteiger partial charge in [0, 0.05) is 10.6 Å². The summed E-state index contributed by atoms with van der Waals surface area (Å²) in [7, 11) is 0. The summed E-state index contributed by atoms with van der Waals surface area (Å²) in [5, 5.41) is 6.31. The first kappa shape index (κ1) is 23.0. The number of hydrogen-bond donors (Lipinski definition) is 1. The Kier molecular flexibility index (Phi) is 7.20. The van der Waals surface area contributed by atoms with Crippen LogP contribution < -0.4 is 14.9 Å². The number of halogens is 1. The van der Waals surface area contributed by atoms with Crippen molar-refractivity contribution in [2.24, 2.45) is 5.10 Å². The molecule has 4 aromatic rings. The molecule has 0 aliphatic rings. The van der Waals surface area contributed by atoms with E-state index in [9.17, 15) is 9.59 Å². The van der Waals surface area contributed by atoms with Gasteiger partial charge in [-0.1, -0.05) is 48.0 Å². The second-order valence-electron chi connectivity index (χ2n) is 7.26. The smallest absolute Gasteiger partial charge is 0.344 e. The summed E-state index contributed by atoms with van der Waals surface area (Å²) in [5.74, 6) is -0.154. The number of nitrogens with one attached hydrogen (secondary N) is 1. The quantitative estimate of drug-likeness (QED) is 0.158. The standard InChI is InChI=1S/C27H21ClN2O4/c1-2-33-25-16-18(17-29-30-26(31)20-11-13-21(28)14-12-20)10-15-24(25)34-27(32)23-9-5-7-19-6-3-4-8-22(19)23/h3-17H,2H2,1H3,(H,30,31)/b29-17-. The van der Waals surface area contributed by atoms with Crippen LogP contribution in [-0.2, 0) is 0 Å². The second-order valence-corrected chi connectivity index (χ2v) is 7.70. The minimum atomic E-state index is -0.477. The summed E-state index contributed by atoms with van der Waals surface area (Å²) in [6.45, 7) is 2.22. The Labute approximate surface area is 201 Å². The van der Waals surface area contributed by atoms with Crippen LogP contribution in [0.4, 0.5) is 0 Å². The summed E-state index contributed by atoms with van der Waals surface area (Å²) in [4.78, 5) is 25.1. The van der Waals surface area contributed by atoms with Crippen LogP contribution in [0.25, 0.3) is 10.8 Å². The van der Waals surface area contributed by atoms with Gasteiger partial charge in [0.2, 0.25) is 0 Å². The summed E-state index contributed by atoms with van der Waals surface area (Å²) in [6, 6.07) is 24.6. The van der Waals surface area contributed by atoms with Crippen molar-refractivity contribution in [1.82, 2.24) is 5.43 Å². The van der Waals surface area contributed by atoms with Crippen molar-refractivity contribution in [2.45, 2.75) is 6.92 Å². The van der Waals surface area contributed by atoms with Gasteiger partial charge in [-0.3, -0.25) is 4.79 Å². The molecule has 0 unspecified atom stereocenters. The molecule has 0 aliphatic heterocycles. The number of carbonyl (C=O) groups excluding carboxylic acids is 2. The van der Waals surface area contributed by atoms with Crippen LogP contribution in [0.1, 0.15) is 33.2 Å². The van der Waals surface area contributed by atoms with Crippen LogP contribution in [0.2, 0.25) is 5.02 Å². The number of rotatable bonds is 7. The van der Waals surface area contributed by atoms with E-state index in [1.165, 1.54) is 6.21 Å². The summed E-state index contributed by atoms with van der Waals surface area (Å²) in [6.07, 6.45) is 1.48. The van der Waals surface area contributed by atoms with Gasteiger partial charge >= 0.3 is 5.97 Å². The average molecular weight is 473 g/mol. The topological polar surface area (TPSA) is 77.0 Å². The lowest BCUT2D eigenvalue weighted by Gasteiger charge is -2.12. The van der Waals surface area contributed by atoms with E-state index in [1.54, 1.807) is 48.5 Å². The van der Waals surface area contributed by atoms with Crippen LogP contribution in [0.15, 0.2) is 90.0 Å². The van der Waals surface area contributed by atoms with E-state index in [2.05, 4.69) is 10.5 Å². The number of nitrogens with zero attached hydrogens (tertiary/aromatic N) is 1. The van der Waals surface area contributed by atoms with Gasteiger partial charge in [-0.2, -0.15) is 5.10 Å². The molecule has 0 radical (unpaired) electrons. The van der Waals surface area contributed by atoms with Crippen molar-refractivity contribution in [3.05, 3.63) is 107 Å². The molecule has 7 heteroatoms. The highest BCUT2D eigenvalue weighted by atomic mass is 35.5. The van der Waals surface area contributed by atoms with Crippen LogP contribution >= 0.6 is 11.6 Å². The van der Waals surface area contributed by atoms with Crippen molar-refractivity contribution in [1.29, 1.82) is 0 Å². The monoisotopic (exact) mass is 472 g/mol. The number of esters is 1. The minimum absolute atomic E-state index is 0.294. The Morgan fingerprint density at radius 1 is 0.941 bits per heavy atom. The predicted octanol–water partition coefficient (Wildman–Crippen LogP) is 5.88. The van der Waals surface area contributed by atoms with Crippen molar-refractivity contribution in [3.8, 4) is 11.5 Å². The molecular weight excluding hydrogens is 452 g/mol. The fraction of sp³-hybridized carbons (Fsp3) is 0.0741. The van der Waals surface area contributed by atoms with E-state index >= 15 is 0 Å². The number of fused-ring (bicyclic) bond motifs is 1. The Morgan fingerprint density at radius 2 is 1.71 bits per heavy atom. The minimum Gasteiger partial charge on any atom is -0.490 e. The van der Waals surface area contributed by atoms with Gasteiger partial charge in [0.1, 0.15) is 0 Å². The third-order valence-corrected chi connectivity index (χ3v) is 5.22. The predicted molar refractivity (Wildman–Crippen MR) is 133 cm³/mol. The maximum atomic E-state index is 12.9. The number of benzene rings is 4. The maximum Gasteiger partial charge on any atom is 0.344 e. The molecule has 6 nitrogen and oxygen atoms in total. The van der Waals surface area contributed by atoms with Crippen LogP contribution in [-0.4, -0.2) is 24.7 Å². The highest BCUT2D eigenvalue weighted by Gasteiger charge is 2.15. The molecule has 0 heterocycles. The lowest BCUT2D eigenvalue weighted by atomic mass is 10.0. The lowest BCUT2D eigenvalue weighted by Crippen LogP contribution is -2.17. The summed E-state index contributed by atoms with van der Waals surface area (Å²) in [5.41, 5.74) is 4.03. The molecule has 0 atom stereocenters. The fourth-order valence-electron chi connectivity index (χ4n) is 3.35. The first-order valence-electron chi connectivity index (χ1n) is 10.6. The van der Waals surface area contributed by atoms with E-state index in [0.717, 1.165) is 10.8 Å². The van der Waals surface area contributed by atoms with Crippen LogP contribution in [0.3, 0.4) is 0 Å². The van der Waals surface area contributed by atoms with Crippen molar-refractivity contribution < 1.29 is 19.1 Å². The number of hydrazone groups is 1. The molecule has 170 valence electrons. The molecule has 0 aliphatic carbocycles. The van der Waals surface area contributed by atoms with Crippen LogP contribution in [0.5, 0.6) is 11.5 Å².